The summed E-state index contributed by atoms with van der Waals surface area (Å²) in [5, 5.41) is 7.21. The van der Waals surface area contributed by atoms with Gasteiger partial charge in [0.15, 0.2) is 0 Å². The number of anilines is 9. The number of rotatable bonds is 9. The van der Waals surface area contributed by atoms with Crippen LogP contribution >= 0.6 is 0 Å². The van der Waals surface area contributed by atoms with E-state index in [1.165, 1.54) is 121 Å². The van der Waals surface area contributed by atoms with Crippen LogP contribution in [-0.2, 0) is 21.7 Å². The molecule has 0 bridgehead atoms. The average Bonchev–Trinajstić information content (AvgIpc) is 1.46. The van der Waals surface area contributed by atoms with Crippen LogP contribution in [0.4, 0.5) is 51.2 Å². The molecule has 0 unspecified atom stereocenters. The Hall–Kier alpha value is -11.2. The third kappa shape index (κ3) is 7.90. The minimum absolute atomic E-state index is 0.183. The van der Waals surface area contributed by atoms with Crippen LogP contribution in [0, 0.1) is 0 Å². The van der Waals surface area contributed by atoms with Gasteiger partial charge in [0.1, 0.15) is 0 Å². The third-order valence-corrected chi connectivity index (χ3v) is 22.7. The Morgan fingerprint density at radius 3 is 1.10 bits per heavy atom. The molecule has 19 rings (SSSR count). The fraction of sp³-hybridized carbons (Fsp3) is 0.130. The summed E-state index contributed by atoms with van der Waals surface area (Å²) in [6, 6.07) is 111. The van der Waals surface area contributed by atoms with Gasteiger partial charge in [0, 0.05) is 83.0 Å². The second kappa shape index (κ2) is 20.2. The molecule has 0 radical (unpaired) electrons. The monoisotopic (exact) mass is 1230 g/mol. The molecule has 0 amide bonds. The number of nitrogens with zero attached hydrogens (tertiary/aromatic N) is 4. The van der Waals surface area contributed by atoms with Crippen LogP contribution in [0.2, 0.25) is 0 Å². The van der Waals surface area contributed by atoms with Crippen LogP contribution in [0.15, 0.2) is 291 Å². The summed E-state index contributed by atoms with van der Waals surface area (Å²) in [6.07, 6.45) is 0. The van der Waals surface area contributed by atoms with Crippen molar-refractivity contribution in [2.24, 2.45) is 0 Å². The van der Waals surface area contributed by atoms with E-state index in [4.69, 9.17) is 0 Å². The number of hydrogen-bond donors (Lipinski definition) is 0. The largest absolute Gasteiger partial charge is 0.310 e. The van der Waals surface area contributed by atoms with Crippen molar-refractivity contribution >= 4 is 94.5 Å². The molecule has 0 spiro atoms. The molecule has 0 saturated heterocycles. The Morgan fingerprint density at radius 2 is 0.594 bits per heavy atom. The lowest BCUT2D eigenvalue weighted by molar-refractivity contribution is 0.630. The fourth-order valence-corrected chi connectivity index (χ4v) is 17.8. The molecule has 96 heavy (non-hydrogen) atoms. The number of benzene rings is 14. The van der Waals surface area contributed by atoms with Crippen LogP contribution in [0.1, 0.15) is 99.9 Å². The Balaban J connectivity index is 0.867. The first kappa shape index (κ1) is 56.4. The Bertz CT molecular complexity index is 5810. The van der Waals surface area contributed by atoms with E-state index < -0.39 is 5.41 Å². The molecule has 0 atom stereocenters. The van der Waals surface area contributed by atoms with Gasteiger partial charge >= 0.3 is 0 Å². The number of fused-ring (bicyclic) bond motifs is 16. The lowest BCUT2D eigenvalue weighted by Crippen LogP contribution is -2.27. The minimum Gasteiger partial charge on any atom is -0.310 e. The SMILES string of the molecule is CC1(C)c2ccccc2-c2ccc(N(c3ccccc3)c3cc4c5c(c3)c3cc(N(c6ccc7c(c6)C(C)(C)c6ccccc6-7)c6cccc7ccccc67)ccc3n5-c3ccc(N(c5ccc6c(c5)C(C)(C)c5ccccc5-6)c5cccc6ccccc56)cc3C4(C)C)cc21. The quantitative estimate of drug-likeness (QED) is 0.143. The molecule has 4 heteroatoms. The standard InChI is InChI=1S/C92H72N4/c1-89(2)76-35-19-16-32-68(76)71-45-40-61(52-79(71)89)93(59-28-10-9-11-29-59)65-51-75-74-50-60(94(84-38-22-26-57-24-12-14-30-66(57)84)62-41-46-72-69-33-17-20-36-77(69)90(3,4)80(72)53-62)43-48-86(74)96-87-49-44-64(55-82(87)92(7,8)83(56-65)88(75)96)95(85-39-23-27-58-25-13-15-31-67(58)85)63-42-47-73-70-34-18-21-37-78(70)91(5,6)81(73)54-63/h9-56H,1-8H3. The molecule has 1 aliphatic heterocycles. The van der Waals surface area contributed by atoms with E-state index >= 15 is 0 Å². The number of para-hydroxylation sites is 1. The highest BCUT2D eigenvalue weighted by Gasteiger charge is 2.42. The van der Waals surface area contributed by atoms with Crippen LogP contribution in [-0.4, -0.2) is 4.57 Å². The van der Waals surface area contributed by atoms with Crippen molar-refractivity contribution < 1.29 is 0 Å². The molecule has 0 N–H and O–H groups in total. The van der Waals surface area contributed by atoms with E-state index in [1.54, 1.807) is 0 Å². The second-order valence-electron chi connectivity index (χ2n) is 29.3. The minimum atomic E-state index is -0.507. The summed E-state index contributed by atoms with van der Waals surface area (Å²) in [6.45, 7) is 19.3. The van der Waals surface area contributed by atoms with Crippen LogP contribution in [0.3, 0.4) is 0 Å². The van der Waals surface area contributed by atoms with Gasteiger partial charge in [-0.3, -0.25) is 0 Å². The lowest BCUT2D eigenvalue weighted by Gasteiger charge is -2.37. The first-order chi connectivity index (χ1) is 46.6. The van der Waals surface area contributed by atoms with Gasteiger partial charge < -0.3 is 19.3 Å². The zero-order chi connectivity index (χ0) is 64.7. The van der Waals surface area contributed by atoms with Crippen LogP contribution in [0.5, 0.6) is 0 Å². The van der Waals surface area contributed by atoms with Crippen molar-refractivity contribution in [3.05, 3.63) is 336 Å². The van der Waals surface area contributed by atoms with E-state index in [1.807, 2.05) is 0 Å². The van der Waals surface area contributed by atoms with E-state index in [0.29, 0.717) is 0 Å². The first-order valence-corrected chi connectivity index (χ1v) is 34.1. The summed E-state index contributed by atoms with van der Waals surface area (Å²) in [4.78, 5) is 7.58. The molecule has 0 fully saturated rings. The van der Waals surface area contributed by atoms with Gasteiger partial charge in [-0.25, -0.2) is 0 Å². The van der Waals surface area contributed by atoms with E-state index in [0.717, 1.165) is 56.7 Å². The van der Waals surface area contributed by atoms with Crippen molar-refractivity contribution in [2.45, 2.75) is 77.0 Å². The van der Waals surface area contributed by atoms with Crippen molar-refractivity contribution in [3.8, 4) is 39.1 Å². The fourth-order valence-electron chi connectivity index (χ4n) is 17.8. The van der Waals surface area contributed by atoms with Gasteiger partial charge in [-0.15, -0.1) is 0 Å². The number of aromatic nitrogens is 1. The molecule has 1 aromatic heterocycles. The van der Waals surface area contributed by atoms with Crippen molar-refractivity contribution in [3.63, 3.8) is 0 Å². The zero-order valence-corrected chi connectivity index (χ0v) is 55.5. The van der Waals surface area contributed by atoms with Crippen LogP contribution < -0.4 is 14.7 Å². The predicted octanol–water partition coefficient (Wildman–Crippen LogP) is 25.1. The average molecular weight is 1230 g/mol. The maximum Gasteiger partial charge on any atom is 0.0583 e. The molecule has 3 aliphatic carbocycles. The summed E-state index contributed by atoms with van der Waals surface area (Å²) in [7, 11) is 0. The highest BCUT2D eigenvalue weighted by molar-refractivity contribution is 6.15. The van der Waals surface area contributed by atoms with E-state index in [-0.39, 0.29) is 16.2 Å². The molecule has 15 aromatic rings. The Labute approximate surface area is 562 Å². The van der Waals surface area contributed by atoms with Gasteiger partial charge in [0.2, 0.25) is 0 Å². The maximum atomic E-state index is 2.61. The molecule has 14 aromatic carbocycles. The van der Waals surface area contributed by atoms with Crippen molar-refractivity contribution in [1.82, 2.24) is 4.57 Å². The number of hydrogen-bond acceptors (Lipinski definition) is 3. The molecule has 460 valence electrons. The maximum absolute atomic E-state index is 2.61. The smallest absolute Gasteiger partial charge is 0.0583 e. The van der Waals surface area contributed by atoms with Gasteiger partial charge in [-0.05, 0) is 198 Å². The second-order valence-corrected chi connectivity index (χ2v) is 29.3. The first-order valence-electron chi connectivity index (χ1n) is 34.1. The lowest BCUT2D eigenvalue weighted by atomic mass is 9.74. The summed E-state index contributed by atoms with van der Waals surface area (Å²) in [5.74, 6) is 0. The Morgan fingerprint density at radius 1 is 0.229 bits per heavy atom. The third-order valence-electron chi connectivity index (χ3n) is 22.7. The molecule has 0 saturated carbocycles. The highest BCUT2D eigenvalue weighted by atomic mass is 15.2. The van der Waals surface area contributed by atoms with Gasteiger partial charge in [0.05, 0.1) is 28.1 Å². The zero-order valence-electron chi connectivity index (χ0n) is 55.5. The van der Waals surface area contributed by atoms with E-state index in [2.05, 4.69) is 366 Å². The highest BCUT2D eigenvalue weighted by Crippen LogP contribution is 2.58. The molecular formula is C92H72N4. The molecular weight excluding hydrogens is 1160 g/mol. The molecule has 4 aliphatic rings. The van der Waals surface area contributed by atoms with Crippen molar-refractivity contribution in [1.29, 1.82) is 0 Å². The predicted molar refractivity (Wildman–Crippen MR) is 405 cm³/mol. The Kier molecular flexibility index (Phi) is 11.8. The van der Waals surface area contributed by atoms with Crippen molar-refractivity contribution in [2.75, 3.05) is 14.7 Å². The summed E-state index contributed by atoms with van der Waals surface area (Å²) >= 11 is 0. The summed E-state index contributed by atoms with van der Waals surface area (Å²) < 4.78 is 2.61. The van der Waals surface area contributed by atoms with Crippen LogP contribution in [0.25, 0.3) is 82.4 Å². The van der Waals surface area contributed by atoms with Gasteiger partial charge in [-0.1, -0.05) is 237 Å². The summed E-state index contributed by atoms with van der Waals surface area (Å²) in [5.41, 5.74) is 31.1. The normalized spacial score (nSPS) is 15.0. The van der Waals surface area contributed by atoms with Gasteiger partial charge in [-0.2, -0.15) is 0 Å². The molecule has 2 heterocycles. The topological polar surface area (TPSA) is 14.7 Å². The molecule has 4 nitrogen and oxygen atoms in total. The van der Waals surface area contributed by atoms with Gasteiger partial charge in [0.25, 0.3) is 0 Å². The van der Waals surface area contributed by atoms with E-state index in [9.17, 15) is 0 Å².